The maximum absolute atomic E-state index is 12.5. The van der Waals surface area contributed by atoms with Crippen molar-refractivity contribution in [1.82, 2.24) is 9.88 Å². The molecule has 2 aromatic rings. The van der Waals surface area contributed by atoms with Crippen LogP contribution in [-0.4, -0.2) is 40.5 Å². The fourth-order valence-electron chi connectivity index (χ4n) is 6.02. The minimum absolute atomic E-state index is 0.202. The predicted octanol–water partition coefficient (Wildman–Crippen LogP) is 3.68. The van der Waals surface area contributed by atoms with Crippen molar-refractivity contribution in [3.05, 3.63) is 47.2 Å². The highest BCUT2D eigenvalue weighted by molar-refractivity contribution is 5.93. The lowest BCUT2D eigenvalue weighted by molar-refractivity contribution is -0.174. The summed E-state index contributed by atoms with van der Waals surface area (Å²) in [5.74, 6) is 0.286. The molecule has 2 aliphatic carbocycles. The molecular weight excluding hydrogens is 324 g/mol. The number of nitrogens with zero attached hydrogens (tertiary/aromatic N) is 1. The number of aromatic amines is 1. The van der Waals surface area contributed by atoms with Gasteiger partial charge in [-0.2, -0.15) is 0 Å². The van der Waals surface area contributed by atoms with E-state index in [1.165, 1.54) is 40.6 Å². The molecule has 26 heavy (non-hydrogen) atoms. The van der Waals surface area contributed by atoms with Crippen LogP contribution in [0.25, 0.3) is 10.9 Å². The number of morpholine rings is 1. The number of carbonyl (C=O) groups is 1. The molecule has 6 rings (SSSR count). The van der Waals surface area contributed by atoms with Gasteiger partial charge in [-0.1, -0.05) is 18.2 Å². The van der Waals surface area contributed by atoms with E-state index in [2.05, 4.69) is 34.1 Å². The largest absolute Gasteiger partial charge is 0.367 e. The number of aromatic nitrogens is 1. The molecule has 1 saturated heterocycles. The Morgan fingerprint density at radius 2 is 2.12 bits per heavy atom. The van der Waals surface area contributed by atoms with Gasteiger partial charge in [-0.25, -0.2) is 0 Å². The highest BCUT2D eigenvalue weighted by Crippen LogP contribution is 2.51. The van der Waals surface area contributed by atoms with Crippen molar-refractivity contribution in [1.29, 1.82) is 0 Å². The smallest absolute Gasteiger partial charge is 0.157 e. The predicted molar refractivity (Wildman–Crippen MR) is 100 cm³/mol. The molecule has 3 heterocycles. The summed E-state index contributed by atoms with van der Waals surface area (Å²) in [6, 6.07) is 9.04. The summed E-state index contributed by atoms with van der Waals surface area (Å²) in [4.78, 5) is 18.7. The third kappa shape index (κ3) is 1.89. The van der Waals surface area contributed by atoms with Crippen molar-refractivity contribution in [2.45, 2.75) is 56.2 Å². The standard InChI is InChI=1S/C22H24N2O2/c25-15-11-14-5-3-4-9-22(14)20(12-15)24-10-8-17-16-6-1-2-7-18(16)23-21(17)19(24)13-26-22/h1-2,6-7,11,19-20,23H,3-5,8-10,12-13H2/t19-,20+,22-/m0/s1. The average molecular weight is 348 g/mol. The number of carbonyl (C=O) groups excluding carboxylic acids is 1. The molecule has 3 atom stereocenters. The molecule has 1 saturated carbocycles. The number of fused-ring (bicyclic) bond motifs is 6. The maximum Gasteiger partial charge on any atom is 0.157 e. The summed E-state index contributed by atoms with van der Waals surface area (Å²) in [5.41, 5.74) is 5.05. The van der Waals surface area contributed by atoms with Crippen molar-refractivity contribution >= 4 is 16.7 Å². The first-order chi connectivity index (χ1) is 12.8. The second-order valence-corrected chi connectivity index (χ2v) is 8.33. The minimum atomic E-state index is -0.202. The van der Waals surface area contributed by atoms with Gasteiger partial charge in [0, 0.05) is 29.6 Å². The van der Waals surface area contributed by atoms with E-state index in [1.807, 2.05) is 6.08 Å². The summed E-state index contributed by atoms with van der Waals surface area (Å²) < 4.78 is 6.66. The van der Waals surface area contributed by atoms with E-state index >= 15 is 0 Å². The molecule has 0 amide bonds. The topological polar surface area (TPSA) is 45.3 Å². The minimum Gasteiger partial charge on any atom is -0.367 e. The molecule has 4 nitrogen and oxygen atoms in total. The Kier molecular flexibility index (Phi) is 3.10. The highest BCUT2D eigenvalue weighted by Gasteiger charge is 2.55. The van der Waals surface area contributed by atoms with Crippen LogP contribution in [-0.2, 0) is 16.0 Å². The maximum atomic E-state index is 12.5. The zero-order valence-electron chi connectivity index (χ0n) is 15.0. The summed E-state index contributed by atoms with van der Waals surface area (Å²) in [6.45, 7) is 1.75. The quantitative estimate of drug-likeness (QED) is 0.790. The van der Waals surface area contributed by atoms with Gasteiger partial charge in [0.2, 0.25) is 0 Å². The molecule has 1 aromatic heterocycles. The first-order valence-electron chi connectivity index (χ1n) is 9.99. The van der Waals surface area contributed by atoms with Crippen molar-refractivity contribution < 1.29 is 9.53 Å². The van der Waals surface area contributed by atoms with Crippen LogP contribution < -0.4 is 0 Å². The number of hydrogen-bond donors (Lipinski definition) is 1. The van der Waals surface area contributed by atoms with E-state index in [0.29, 0.717) is 6.42 Å². The lowest BCUT2D eigenvalue weighted by Crippen LogP contribution is -2.65. The molecule has 4 heteroatoms. The average Bonchev–Trinajstić information content (AvgIpc) is 3.05. The molecule has 1 N–H and O–H groups in total. The Morgan fingerprint density at radius 3 is 3.08 bits per heavy atom. The second kappa shape index (κ2) is 5.30. The molecule has 0 radical (unpaired) electrons. The molecule has 1 spiro atoms. The number of hydrogen-bond acceptors (Lipinski definition) is 3. The summed E-state index contributed by atoms with van der Waals surface area (Å²) in [7, 11) is 0. The molecule has 0 unspecified atom stereocenters. The number of ether oxygens (including phenoxy) is 1. The lowest BCUT2D eigenvalue weighted by Gasteiger charge is -2.57. The lowest BCUT2D eigenvalue weighted by atomic mass is 9.68. The first-order valence-corrected chi connectivity index (χ1v) is 9.99. The van der Waals surface area contributed by atoms with Crippen LogP contribution in [0.4, 0.5) is 0 Å². The van der Waals surface area contributed by atoms with Crippen LogP contribution in [0.15, 0.2) is 35.9 Å². The Bertz CT molecular complexity index is 943. The van der Waals surface area contributed by atoms with Crippen LogP contribution in [0.2, 0.25) is 0 Å². The van der Waals surface area contributed by atoms with Gasteiger partial charge in [-0.15, -0.1) is 0 Å². The number of para-hydroxylation sites is 1. The van der Waals surface area contributed by atoms with Gasteiger partial charge in [0.05, 0.1) is 18.7 Å². The normalized spacial score (nSPS) is 33.8. The SMILES string of the molecule is O=C1C=C2CCCC[C@]23OC[C@H]2c4[nH]c5ccccc5c4CCN2[C@@H]3C1. The number of nitrogens with one attached hydrogen (secondary N) is 1. The number of ketones is 1. The Hall–Kier alpha value is -1.91. The molecule has 1 aromatic carbocycles. The zero-order chi connectivity index (χ0) is 17.3. The van der Waals surface area contributed by atoms with Crippen LogP contribution in [0.5, 0.6) is 0 Å². The molecule has 2 aliphatic heterocycles. The van der Waals surface area contributed by atoms with Gasteiger partial charge in [0.15, 0.2) is 5.78 Å². The molecule has 0 bridgehead atoms. The Labute approximate surface area is 153 Å². The molecule has 2 fully saturated rings. The summed E-state index contributed by atoms with van der Waals surface area (Å²) >= 11 is 0. The third-order valence-electron chi connectivity index (χ3n) is 7.16. The molecular formula is C22H24N2O2. The fraction of sp³-hybridized carbons (Fsp3) is 0.500. The van der Waals surface area contributed by atoms with Gasteiger partial charge in [-0.3, -0.25) is 9.69 Å². The van der Waals surface area contributed by atoms with Crippen LogP contribution in [0, 0.1) is 0 Å². The number of benzene rings is 1. The Balaban J connectivity index is 1.45. The summed E-state index contributed by atoms with van der Waals surface area (Å²) in [5, 5.41) is 1.35. The van der Waals surface area contributed by atoms with Crippen LogP contribution in [0.1, 0.15) is 49.4 Å². The van der Waals surface area contributed by atoms with Crippen molar-refractivity contribution in [2.24, 2.45) is 0 Å². The molecule has 134 valence electrons. The summed E-state index contributed by atoms with van der Waals surface area (Å²) in [6.07, 6.45) is 8.06. The van der Waals surface area contributed by atoms with Crippen LogP contribution in [0.3, 0.4) is 0 Å². The Morgan fingerprint density at radius 1 is 1.19 bits per heavy atom. The molecule has 4 aliphatic rings. The van der Waals surface area contributed by atoms with Gasteiger partial charge in [0.25, 0.3) is 0 Å². The van der Waals surface area contributed by atoms with E-state index in [9.17, 15) is 4.79 Å². The highest BCUT2D eigenvalue weighted by atomic mass is 16.5. The van der Waals surface area contributed by atoms with Gasteiger partial charge < -0.3 is 9.72 Å². The van der Waals surface area contributed by atoms with E-state index < -0.39 is 0 Å². The van der Waals surface area contributed by atoms with Crippen molar-refractivity contribution in [3.8, 4) is 0 Å². The van der Waals surface area contributed by atoms with E-state index in [0.717, 1.165) is 32.4 Å². The van der Waals surface area contributed by atoms with Crippen molar-refractivity contribution in [2.75, 3.05) is 13.2 Å². The van der Waals surface area contributed by atoms with Crippen LogP contribution >= 0.6 is 0 Å². The number of H-pyrrole nitrogens is 1. The van der Waals surface area contributed by atoms with E-state index in [1.54, 1.807) is 0 Å². The van der Waals surface area contributed by atoms with Gasteiger partial charge in [-0.05, 0) is 55.4 Å². The zero-order valence-corrected chi connectivity index (χ0v) is 15.0. The van der Waals surface area contributed by atoms with E-state index in [-0.39, 0.29) is 23.5 Å². The number of rotatable bonds is 0. The van der Waals surface area contributed by atoms with E-state index in [4.69, 9.17) is 4.74 Å². The van der Waals surface area contributed by atoms with Gasteiger partial charge in [0.1, 0.15) is 5.60 Å². The fourth-order valence-corrected chi connectivity index (χ4v) is 6.02. The van der Waals surface area contributed by atoms with Crippen molar-refractivity contribution in [3.63, 3.8) is 0 Å². The van der Waals surface area contributed by atoms with Gasteiger partial charge >= 0.3 is 0 Å². The second-order valence-electron chi connectivity index (χ2n) is 8.33. The number of allylic oxidation sites excluding steroid dienone is 1. The third-order valence-corrected chi connectivity index (χ3v) is 7.16. The first kappa shape index (κ1) is 15.2. The monoisotopic (exact) mass is 348 g/mol.